The number of aliphatic hydroxyl groups excluding tert-OH is 1. The van der Waals surface area contributed by atoms with E-state index in [-0.39, 0.29) is 40.5 Å². The fourth-order valence-corrected chi connectivity index (χ4v) is 8.68. The number of esters is 2. The molecule has 1 spiro atoms. The van der Waals surface area contributed by atoms with Crippen molar-refractivity contribution in [3.8, 4) is 0 Å². The van der Waals surface area contributed by atoms with Crippen LogP contribution in [-0.2, 0) is 23.8 Å². The average molecular weight is 421 g/mol. The third-order valence-electron chi connectivity index (χ3n) is 9.71. The first-order valence-corrected chi connectivity index (χ1v) is 11.9. The fourth-order valence-electron chi connectivity index (χ4n) is 8.68. The van der Waals surface area contributed by atoms with Crippen molar-refractivity contribution in [2.75, 3.05) is 0 Å². The summed E-state index contributed by atoms with van der Waals surface area (Å²) in [7, 11) is 0. The highest BCUT2D eigenvalue weighted by atomic mass is 16.8. The van der Waals surface area contributed by atoms with Crippen LogP contribution < -0.4 is 0 Å². The molecule has 5 rings (SSSR count). The van der Waals surface area contributed by atoms with E-state index in [2.05, 4.69) is 20.8 Å². The van der Waals surface area contributed by atoms with E-state index < -0.39 is 24.1 Å². The zero-order valence-electron chi connectivity index (χ0n) is 18.7. The summed E-state index contributed by atoms with van der Waals surface area (Å²) in [5, 5.41) is 11.4. The summed E-state index contributed by atoms with van der Waals surface area (Å²) in [6, 6.07) is 0. The van der Waals surface area contributed by atoms with Crippen LogP contribution in [0.3, 0.4) is 0 Å². The van der Waals surface area contributed by atoms with Gasteiger partial charge in [0.25, 0.3) is 0 Å². The molecular formula is C24H36O6. The van der Waals surface area contributed by atoms with Crippen molar-refractivity contribution in [3.05, 3.63) is 0 Å². The first-order chi connectivity index (χ1) is 14.2. The number of carbonyl (C=O) groups is 2. The molecule has 0 radical (unpaired) electrons. The minimum atomic E-state index is -1.07. The molecule has 5 aliphatic rings. The standard InChI is InChI=1S/C24H36O6/c1-5-7-17(25)28-16-12-15-22(2,3)10-6-11-23(15,4)14-9-8-13-18-20(29-19(13)26)30-21(27)24(14,16)18/h13-16,18,20-21,27H,5-12H2,1-4H3/t13-,14?,15+,16-,18+,20+,21?,23-,24-/m1/s1. The number of hydrogen-bond acceptors (Lipinski definition) is 6. The van der Waals surface area contributed by atoms with Gasteiger partial charge in [-0.2, -0.15) is 0 Å². The molecule has 168 valence electrons. The number of aliphatic hydroxyl groups is 1. The van der Waals surface area contributed by atoms with Gasteiger partial charge in [0.2, 0.25) is 6.29 Å². The molecule has 30 heavy (non-hydrogen) atoms. The van der Waals surface area contributed by atoms with E-state index in [9.17, 15) is 14.7 Å². The predicted molar refractivity (Wildman–Crippen MR) is 108 cm³/mol. The third-order valence-corrected chi connectivity index (χ3v) is 9.71. The molecule has 9 atom stereocenters. The Morgan fingerprint density at radius 2 is 1.97 bits per heavy atom. The lowest BCUT2D eigenvalue weighted by Gasteiger charge is -2.67. The number of carbonyl (C=O) groups excluding carboxylic acids is 2. The molecule has 0 aromatic carbocycles. The van der Waals surface area contributed by atoms with Gasteiger partial charge in [-0.05, 0) is 61.2 Å². The highest BCUT2D eigenvalue weighted by Gasteiger charge is 2.78. The van der Waals surface area contributed by atoms with E-state index in [4.69, 9.17) is 14.2 Å². The van der Waals surface area contributed by atoms with Crippen molar-refractivity contribution < 1.29 is 28.9 Å². The number of hydrogen-bond donors (Lipinski definition) is 1. The summed E-state index contributed by atoms with van der Waals surface area (Å²) in [5.41, 5.74) is -0.597. The van der Waals surface area contributed by atoms with Crippen LogP contribution in [0.2, 0.25) is 0 Å². The van der Waals surface area contributed by atoms with Gasteiger partial charge in [-0.15, -0.1) is 0 Å². The first-order valence-electron chi connectivity index (χ1n) is 11.9. The van der Waals surface area contributed by atoms with Gasteiger partial charge in [0.1, 0.15) is 6.10 Å². The Balaban J connectivity index is 1.64. The Bertz CT molecular complexity index is 748. The maximum Gasteiger partial charge on any atom is 0.311 e. The van der Waals surface area contributed by atoms with Crippen LogP contribution in [0.15, 0.2) is 0 Å². The smallest absolute Gasteiger partial charge is 0.311 e. The lowest BCUT2D eigenvalue weighted by Crippen LogP contribution is -2.68. The van der Waals surface area contributed by atoms with E-state index in [1.807, 2.05) is 6.92 Å². The average Bonchev–Trinajstić information content (AvgIpc) is 3.13. The molecule has 3 aliphatic carbocycles. The van der Waals surface area contributed by atoms with Crippen LogP contribution in [0.25, 0.3) is 0 Å². The Labute approximate surface area is 179 Å². The van der Waals surface area contributed by atoms with Gasteiger partial charge >= 0.3 is 11.9 Å². The van der Waals surface area contributed by atoms with Crippen LogP contribution in [-0.4, -0.2) is 35.7 Å². The Kier molecular flexibility index (Phi) is 4.62. The molecule has 0 bridgehead atoms. The molecule has 2 heterocycles. The van der Waals surface area contributed by atoms with Crippen molar-refractivity contribution in [1.29, 1.82) is 0 Å². The van der Waals surface area contributed by atoms with Crippen LogP contribution >= 0.6 is 0 Å². The van der Waals surface area contributed by atoms with E-state index in [0.29, 0.717) is 12.3 Å². The van der Waals surface area contributed by atoms with Crippen molar-refractivity contribution >= 4 is 11.9 Å². The second-order valence-electron chi connectivity index (χ2n) is 11.4. The number of ether oxygens (including phenoxy) is 3. The molecule has 0 aromatic heterocycles. The molecule has 1 N–H and O–H groups in total. The molecule has 6 nitrogen and oxygen atoms in total. The molecule has 2 saturated heterocycles. The van der Waals surface area contributed by atoms with E-state index in [1.54, 1.807) is 0 Å². The van der Waals surface area contributed by atoms with Crippen molar-refractivity contribution in [3.63, 3.8) is 0 Å². The van der Waals surface area contributed by atoms with Gasteiger partial charge in [0.15, 0.2) is 6.29 Å². The zero-order valence-corrected chi connectivity index (χ0v) is 18.7. The van der Waals surface area contributed by atoms with Gasteiger partial charge in [0, 0.05) is 12.3 Å². The predicted octanol–water partition coefficient (Wildman–Crippen LogP) is 3.79. The molecule has 2 aliphatic heterocycles. The molecule has 3 saturated carbocycles. The Hall–Kier alpha value is -1.14. The lowest BCUT2D eigenvalue weighted by atomic mass is 9.37. The van der Waals surface area contributed by atoms with Gasteiger partial charge < -0.3 is 19.3 Å². The SMILES string of the molecule is CCCC(=O)O[C@@H]1C[C@H]2C(C)(C)CCC[C@]2(C)C2CC[C@H]3C(=O)O[C@H]4OC(O)[C@]21[C@H]43. The lowest BCUT2D eigenvalue weighted by molar-refractivity contribution is -0.279. The summed E-state index contributed by atoms with van der Waals surface area (Å²) < 4.78 is 17.6. The Morgan fingerprint density at radius 1 is 1.20 bits per heavy atom. The molecule has 0 amide bonds. The number of rotatable bonds is 3. The highest BCUT2D eigenvalue weighted by molar-refractivity contribution is 5.76. The van der Waals surface area contributed by atoms with E-state index >= 15 is 0 Å². The largest absolute Gasteiger partial charge is 0.462 e. The molecule has 6 heteroatoms. The van der Waals surface area contributed by atoms with Crippen LogP contribution in [0.1, 0.15) is 79.1 Å². The topological polar surface area (TPSA) is 82.1 Å². The van der Waals surface area contributed by atoms with Crippen LogP contribution in [0, 0.1) is 39.9 Å². The monoisotopic (exact) mass is 420 g/mol. The minimum absolute atomic E-state index is 0.0191. The van der Waals surface area contributed by atoms with Gasteiger partial charge in [-0.1, -0.05) is 34.1 Å². The van der Waals surface area contributed by atoms with Crippen molar-refractivity contribution in [1.82, 2.24) is 0 Å². The van der Waals surface area contributed by atoms with Gasteiger partial charge in [-0.3, -0.25) is 9.59 Å². The normalized spacial score (nSPS) is 50.8. The van der Waals surface area contributed by atoms with Crippen LogP contribution in [0.4, 0.5) is 0 Å². The van der Waals surface area contributed by atoms with Crippen molar-refractivity contribution in [2.45, 2.75) is 97.7 Å². The highest BCUT2D eigenvalue weighted by Crippen LogP contribution is 2.73. The Morgan fingerprint density at radius 3 is 2.70 bits per heavy atom. The zero-order chi connectivity index (χ0) is 21.5. The summed E-state index contributed by atoms with van der Waals surface area (Å²) in [4.78, 5) is 25.3. The fraction of sp³-hybridized carbons (Fsp3) is 0.917. The summed E-state index contributed by atoms with van der Waals surface area (Å²) in [5.74, 6) is -0.401. The molecular weight excluding hydrogens is 384 g/mol. The van der Waals surface area contributed by atoms with Gasteiger partial charge in [-0.25, -0.2) is 0 Å². The van der Waals surface area contributed by atoms with E-state index in [0.717, 1.165) is 44.9 Å². The van der Waals surface area contributed by atoms with Gasteiger partial charge in [0.05, 0.1) is 11.3 Å². The minimum Gasteiger partial charge on any atom is -0.462 e. The molecule has 5 fully saturated rings. The summed E-state index contributed by atoms with van der Waals surface area (Å²) in [6.45, 7) is 9.04. The maximum atomic E-state index is 12.7. The summed E-state index contributed by atoms with van der Waals surface area (Å²) in [6.07, 6.45) is 4.62. The maximum absolute atomic E-state index is 12.7. The van der Waals surface area contributed by atoms with E-state index in [1.165, 1.54) is 0 Å². The molecule has 2 unspecified atom stereocenters. The van der Waals surface area contributed by atoms with Crippen molar-refractivity contribution in [2.24, 2.45) is 39.9 Å². The van der Waals surface area contributed by atoms with Crippen LogP contribution in [0.5, 0.6) is 0 Å². The second-order valence-corrected chi connectivity index (χ2v) is 11.4. The first kappa shape index (κ1) is 20.7. The quantitative estimate of drug-likeness (QED) is 0.700. The number of fused-ring (bicyclic) bond motifs is 2. The molecule has 0 aromatic rings. The third kappa shape index (κ3) is 2.49. The second kappa shape index (κ2) is 6.68. The summed E-state index contributed by atoms with van der Waals surface area (Å²) >= 11 is 0.